The molecule has 6 nitrogen and oxygen atoms in total. The second kappa shape index (κ2) is 6.82. The van der Waals surface area contributed by atoms with E-state index < -0.39 is 34.4 Å². The van der Waals surface area contributed by atoms with Crippen LogP contribution in [-0.2, 0) is 21.2 Å². The molecule has 1 aromatic rings. The molecule has 0 spiro atoms. The van der Waals surface area contributed by atoms with E-state index in [4.69, 9.17) is 11.6 Å². The molecule has 11 heteroatoms. The lowest BCUT2D eigenvalue weighted by Gasteiger charge is -2.14. The Morgan fingerprint density at radius 3 is 2.41 bits per heavy atom. The summed E-state index contributed by atoms with van der Waals surface area (Å²) >= 11 is 5.70. The maximum atomic E-state index is 12.6. The SMILES string of the molecule is CN(C)S(=O)(=O)NCC(=O)Nc1cc(C(F)(F)F)ccc1Cl. The summed E-state index contributed by atoms with van der Waals surface area (Å²) in [5.74, 6) is -0.855. The first-order valence-electron chi connectivity index (χ1n) is 5.77. The van der Waals surface area contributed by atoms with Crippen LogP contribution < -0.4 is 10.0 Å². The molecular formula is C11H13ClF3N3O3S. The molecule has 0 aromatic heterocycles. The van der Waals surface area contributed by atoms with Gasteiger partial charge in [0.2, 0.25) is 5.91 Å². The standard InChI is InChI=1S/C11H13ClF3N3O3S/c1-18(2)22(20,21)16-6-10(19)17-9-5-7(11(13,14)15)3-4-8(9)12/h3-5,16H,6H2,1-2H3,(H,17,19). The van der Waals surface area contributed by atoms with Crippen LogP contribution in [0.4, 0.5) is 18.9 Å². The Morgan fingerprint density at radius 1 is 1.32 bits per heavy atom. The molecule has 0 radical (unpaired) electrons. The number of carbonyl (C=O) groups is 1. The molecule has 124 valence electrons. The van der Waals surface area contributed by atoms with Crippen LogP contribution in [0.2, 0.25) is 5.02 Å². The van der Waals surface area contributed by atoms with Gasteiger partial charge in [0.1, 0.15) is 0 Å². The van der Waals surface area contributed by atoms with Gasteiger partial charge in [0, 0.05) is 14.1 Å². The number of nitrogens with one attached hydrogen (secondary N) is 2. The van der Waals surface area contributed by atoms with Crippen molar-refractivity contribution in [3.63, 3.8) is 0 Å². The summed E-state index contributed by atoms with van der Waals surface area (Å²) in [4.78, 5) is 11.6. The maximum Gasteiger partial charge on any atom is 0.416 e. The van der Waals surface area contributed by atoms with Gasteiger partial charge >= 0.3 is 6.18 Å². The van der Waals surface area contributed by atoms with E-state index in [0.29, 0.717) is 6.07 Å². The van der Waals surface area contributed by atoms with E-state index in [1.807, 2.05) is 4.72 Å². The lowest BCUT2D eigenvalue weighted by Crippen LogP contribution is -2.40. The number of rotatable bonds is 5. The van der Waals surface area contributed by atoms with Crippen molar-refractivity contribution in [1.82, 2.24) is 9.03 Å². The van der Waals surface area contributed by atoms with Gasteiger partial charge in [-0.3, -0.25) is 4.79 Å². The molecule has 1 rings (SSSR count). The number of benzene rings is 1. The summed E-state index contributed by atoms with van der Waals surface area (Å²) in [6.07, 6.45) is -4.59. The fraction of sp³-hybridized carbons (Fsp3) is 0.364. The quantitative estimate of drug-likeness (QED) is 0.839. The first-order chi connectivity index (χ1) is 9.93. The summed E-state index contributed by atoms with van der Waals surface area (Å²) in [7, 11) is -1.31. The zero-order valence-corrected chi connectivity index (χ0v) is 13.1. The average molecular weight is 360 g/mol. The third kappa shape index (κ3) is 5.13. The van der Waals surface area contributed by atoms with Crippen molar-refractivity contribution in [2.24, 2.45) is 0 Å². The van der Waals surface area contributed by atoms with Gasteiger partial charge in [-0.1, -0.05) is 11.6 Å². The molecule has 0 bridgehead atoms. The predicted molar refractivity (Wildman–Crippen MR) is 75.7 cm³/mol. The van der Waals surface area contributed by atoms with Crippen molar-refractivity contribution < 1.29 is 26.4 Å². The van der Waals surface area contributed by atoms with Crippen LogP contribution in [0.1, 0.15) is 5.56 Å². The van der Waals surface area contributed by atoms with Crippen molar-refractivity contribution in [1.29, 1.82) is 0 Å². The van der Waals surface area contributed by atoms with Crippen molar-refractivity contribution >= 4 is 33.4 Å². The van der Waals surface area contributed by atoms with Gasteiger partial charge in [-0.2, -0.15) is 30.6 Å². The molecule has 0 aliphatic rings. The number of halogens is 4. The van der Waals surface area contributed by atoms with Crippen LogP contribution in [0.3, 0.4) is 0 Å². The molecule has 1 amide bonds. The van der Waals surface area contributed by atoms with Crippen molar-refractivity contribution in [2.45, 2.75) is 6.18 Å². The molecule has 2 N–H and O–H groups in total. The van der Waals surface area contributed by atoms with Gasteiger partial charge in [-0.25, -0.2) is 0 Å². The van der Waals surface area contributed by atoms with E-state index in [-0.39, 0.29) is 10.7 Å². The van der Waals surface area contributed by atoms with Crippen molar-refractivity contribution in [3.8, 4) is 0 Å². The highest BCUT2D eigenvalue weighted by molar-refractivity contribution is 7.87. The van der Waals surface area contributed by atoms with Crippen LogP contribution in [-0.4, -0.2) is 39.3 Å². The molecule has 0 unspecified atom stereocenters. The highest BCUT2D eigenvalue weighted by Gasteiger charge is 2.31. The summed E-state index contributed by atoms with van der Waals surface area (Å²) in [6, 6.07) is 2.43. The van der Waals surface area contributed by atoms with Gasteiger partial charge in [0.05, 0.1) is 22.8 Å². The Balaban J connectivity index is 2.81. The minimum absolute atomic E-state index is 0.100. The summed E-state index contributed by atoms with van der Waals surface area (Å²) in [5, 5.41) is 2.02. The minimum atomic E-state index is -4.59. The molecule has 22 heavy (non-hydrogen) atoms. The minimum Gasteiger partial charge on any atom is -0.324 e. The molecule has 0 atom stereocenters. The highest BCUT2D eigenvalue weighted by atomic mass is 35.5. The number of carbonyl (C=O) groups excluding carboxylic acids is 1. The molecule has 0 fully saturated rings. The van der Waals surface area contributed by atoms with Crippen LogP contribution in [0, 0.1) is 0 Å². The Bertz CT molecular complexity index is 662. The molecule has 1 aromatic carbocycles. The number of hydrogen-bond acceptors (Lipinski definition) is 3. The molecular weight excluding hydrogens is 347 g/mol. The summed E-state index contributed by atoms with van der Waals surface area (Å²) in [5.41, 5.74) is -1.24. The molecule has 0 aliphatic carbocycles. The van der Waals surface area contributed by atoms with Gasteiger partial charge in [-0.05, 0) is 18.2 Å². The van der Waals surface area contributed by atoms with E-state index in [1.165, 1.54) is 14.1 Å². The van der Waals surface area contributed by atoms with Crippen LogP contribution >= 0.6 is 11.6 Å². The lowest BCUT2D eigenvalue weighted by molar-refractivity contribution is -0.137. The Labute approximate surface area is 130 Å². The number of hydrogen-bond donors (Lipinski definition) is 2. The zero-order valence-electron chi connectivity index (χ0n) is 11.5. The average Bonchev–Trinajstić information content (AvgIpc) is 2.37. The molecule has 0 aliphatic heterocycles. The van der Waals surface area contributed by atoms with Crippen LogP contribution in [0.25, 0.3) is 0 Å². The third-order valence-electron chi connectivity index (χ3n) is 2.46. The molecule has 0 saturated carbocycles. The largest absolute Gasteiger partial charge is 0.416 e. The lowest BCUT2D eigenvalue weighted by atomic mass is 10.2. The Hall–Kier alpha value is -1.36. The second-order valence-corrected chi connectivity index (χ2v) is 6.73. The summed E-state index contributed by atoms with van der Waals surface area (Å²) in [6.45, 7) is -0.646. The topological polar surface area (TPSA) is 78.5 Å². The first-order valence-corrected chi connectivity index (χ1v) is 7.59. The zero-order chi connectivity index (χ0) is 17.1. The Kier molecular flexibility index (Phi) is 5.79. The summed E-state index contributed by atoms with van der Waals surface area (Å²) < 4.78 is 63.3. The number of anilines is 1. The molecule has 0 heterocycles. The van der Waals surface area contributed by atoms with Gasteiger partial charge < -0.3 is 5.32 Å². The van der Waals surface area contributed by atoms with Gasteiger partial charge in [0.25, 0.3) is 10.2 Å². The smallest absolute Gasteiger partial charge is 0.324 e. The van der Waals surface area contributed by atoms with Crippen molar-refractivity contribution in [2.75, 3.05) is 26.0 Å². The van der Waals surface area contributed by atoms with Crippen molar-refractivity contribution in [3.05, 3.63) is 28.8 Å². The van der Waals surface area contributed by atoms with E-state index in [1.54, 1.807) is 0 Å². The highest BCUT2D eigenvalue weighted by Crippen LogP contribution is 2.33. The first kappa shape index (κ1) is 18.7. The second-order valence-electron chi connectivity index (χ2n) is 4.35. The normalized spacial score (nSPS) is 12.5. The van der Waals surface area contributed by atoms with Gasteiger partial charge in [-0.15, -0.1) is 0 Å². The van der Waals surface area contributed by atoms with E-state index >= 15 is 0 Å². The third-order valence-corrected chi connectivity index (χ3v) is 4.26. The maximum absolute atomic E-state index is 12.6. The predicted octanol–water partition coefficient (Wildman–Crippen LogP) is 1.69. The number of amides is 1. The van der Waals surface area contributed by atoms with E-state index in [9.17, 15) is 26.4 Å². The number of nitrogens with zero attached hydrogens (tertiary/aromatic N) is 1. The van der Waals surface area contributed by atoms with E-state index in [0.717, 1.165) is 16.4 Å². The van der Waals surface area contributed by atoms with Gasteiger partial charge in [0.15, 0.2) is 0 Å². The van der Waals surface area contributed by atoms with Crippen LogP contribution in [0.15, 0.2) is 18.2 Å². The van der Waals surface area contributed by atoms with E-state index in [2.05, 4.69) is 5.32 Å². The monoisotopic (exact) mass is 359 g/mol. The number of alkyl halides is 3. The fourth-order valence-electron chi connectivity index (χ4n) is 1.28. The Morgan fingerprint density at radius 2 is 1.91 bits per heavy atom. The molecule has 0 saturated heterocycles. The van der Waals surface area contributed by atoms with Crippen LogP contribution in [0.5, 0.6) is 0 Å². The fourth-order valence-corrected chi connectivity index (χ4v) is 2.01.